The van der Waals surface area contributed by atoms with Gasteiger partial charge in [0.05, 0.1) is 11.2 Å². The zero-order chi connectivity index (χ0) is 18.9. The number of aromatic nitrogens is 4. The van der Waals surface area contributed by atoms with Crippen molar-refractivity contribution in [3.63, 3.8) is 0 Å². The van der Waals surface area contributed by atoms with E-state index in [0.717, 1.165) is 51.4 Å². The number of nitrogens with zero attached hydrogens (tertiary/aromatic N) is 4. The minimum atomic E-state index is 0.690. The molecule has 0 unspecified atom stereocenters. The van der Waals surface area contributed by atoms with Crippen molar-refractivity contribution in [1.82, 2.24) is 19.9 Å². The lowest BCUT2D eigenvalue weighted by Crippen LogP contribution is -2.07. The highest BCUT2D eigenvalue weighted by Crippen LogP contribution is 2.33. The summed E-state index contributed by atoms with van der Waals surface area (Å²) in [7, 11) is 0. The average Bonchev–Trinajstić information content (AvgIpc) is 3.57. The molecule has 138 valence electrons. The Morgan fingerprint density at radius 3 is 2.64 bits per heavy atom. The van der Waals surface area contributed by atoms with Gasteiger partial charge in [0, 0.05) is 34.9 Å². The van der Waals surface area contributed by atoms with Crippen LogP contribution < -0.4 is 5.32 Å². The average molecular weight is 367 g/mol. The first-order chi connectivity index (χ1) is 13.8. The highest BCUT2D eigenvalue weighted by atomic mass is 15.1. The summed E-state index contributed by atoms with van der Waals surface area (Å²) in [6.45, 7) is 2.95. The van der Waals surface area contributed by atoms with Crippen LogP contribution in [0.25, 0.3) is 33.3 Å². The lowest BCUT2D eigenvalue weighted by atomic mass is 9.99. The van der Waals surface area contributed by atoms with Crippen LogP contribution in [0.1, 0.15) is 18.5 Å². The fourth-order valence-electron chi connectivity index (χ4n) is 3.41. The molecule has 1 aliphatic carbocycles. The molecule has 0 spiro atoms. The van der Waals surface area contributed by atoms with Crippen LogP contribution in [0, 0.1) is 12.8 Å². The van der Waals surface area contributed by atoms with E-state index in [1.165, 1.54) is 12.8 Å². The second-order valence-corrected chi connectivity index (χ2v) is 7.34. The van der Waals surface area contributed by atoms with Gasteiger partial charge < -0.3 is 5.32 Å². The third-order valence-corrected chi connectivity index (χ3v) is 5.23. The van der Waals surface area contributed by atoms with Crippen molar-refractivity contribution in [2.45, 2.75) is 19.8 Å². The smallest absolute Gasteiger partial charge is 0.223 e. The summed E-state index contributed by atoms with van der Waals surface area (Å²) in [5, 5.41) is 4.44. The molecule has 2 heterocycles. The van der Waals surface area contributed by atoms with E-state index in [0.29, 0.717) is 5.95 Å². The van der Waals surface area contributed by atoms with Crippen LogP contribution in [0.3, 0.4) is 0 Å². The van der Waals surface area contributed by atoms with E-state index in [1.807, 2.05) is 37.4 Å². The number of rotatable bonds is 5. The lowest BCUT2D eigenvalue weighted by Gasteiger charge is -2.12. The monoisotopic (exact) mass is 367 g/mol. The molecule has 0 aliphatic heterocycles. The van der Waals surface area contributed by atoms with Crippen LogP contribution >= 0.6 is 0 Å². The molecule has 4 aromatic rings. The lowest BCUT2D eigenvalue weighted by molar-refractivity contribution is 0.874. The Balaban J connectivity index is 1.62. The third-order valence-electron chi connectivity index (χ3n) is 5.23. The fraction of sp³-hybridized carbons (Fsp3) is 0.217. The topological polar surface area (TPSA) is 63.6 Å². The molecule has 2 aromatic heterocycles. The van der Waals surface area contributed by atoms with Crippen LogP contribution in [0.2, 0.25) is 0 Å². The van der Waals surface area contributed by atoms with Gasteiger partial charge in [-0.15, -0.1) is 0 Å². The minimum absolute atomic E-state index is 0.690. The molecule has 28 heavy (non-hydrogen) atoms. The zero-order valence-corrected chi connectivity index (χ0v) is 15.8. The van der Waals surface area contributed by atoms with Gasteiger partial charge in [-0.3, -0.25) is 0 Å². The van der Waals surface area contributed by atoms with Crippen molar-refractivity contribution in [3.8, 4) is 22.4 Å². The van der Waals surface area contributed by atoms with E-state index in [4.69, 9.17) is 4.98 Å². The summed E-state index contributed by atoms with van der Waals surface area (Å²) in [5.41, 5.74) is 6.00. The largest absolute Gasteiger partial charge is 0.354 e. The molecule has 1 aliphatic rings. The number of anilines is 1. The van der Waals surface area contributed by atoms with Crippen molar-refractivity contribution in [1.29, 1.82) is 0 Å². The van der Waals surface area contributed by atoms with Gasteiger partial charge in [-0.25, -0.2) is 19.9 Å². The molecule has 1 N–H and O–H groups in total. The van der Waals surface area contributed by atoms with Crippen LogP contribution in [-0.2, 0) is 0 Å². The van der Waals surface area contributed by atoms with Gasteiger partial charge in [0.15, 0.2) is 0 Å². The molecule has 0 saturated heterocycles. The van der Waals surface area contributed by atoms with Gasteiger partial charge in [-0.1, -0.05) is 36.4 Å². The fourth-order valence-corrected chi connectivity index (χ4v) is 3.41. The Bertz CT molecular complexity index is 1140. The molecule has 2 aromatic carbocycles. The predicted octanol–water partition coefficient (Wildman–Crippen LogP) is 4.88. The summed E-state index contributed by atoms with van der Waals surface area (Å²) >= 11 is 0. The maximum Gasteiger partial charge on any atom is 0.223 e. The van der Waals surface area contributed by atoms with Crippen molar-refractivity contribution in [2.75, 3.05) is 11.9 Å². The zero-order valence-electron chi connectivity index (χ0n) is 15.8. The summed E-state index contributed by atoms with van der Waals surface area (Å²) < 4.78 is 0. The van der Waals surface area contributed by atoms with E-state index in [9.17, 15) is 0 Å². The van der Waals surface area contributed by atoms with Crippen LogP contribution in [0.15, 0.2) is 61.1 Å². The van der Waals surface area contributed by atoms with Gasteiger partial charge in [-0.2, -0.15) is 0 Å². The Hall–Kier alpha value is -3.34. The number of nitrogens with one attached hydrogen (secondary N) is 1. The normalized spacial score (nSPS) is 13.6. The van der Waals surface area contributed by atoms with Crippen molar-refractivity contribution in [3.05, 3.63) is 66.7 Å². The molecular formula is C23H21N5. The second-order valence-electron chi connectivity index (χ2n) is 7.34. The van der Waals surface area contributed by atoms with Crippen LogP contribution in [0.4, 0.5) is 5.95 Å². The Kier molecular flexibility index (Phi) is 4.20. The van der Waals surface area contributed by atoms with Crippen molar-refractivity contribution in [2.24, 2.45) is 5.92 Å². The molecule has 5 nitrogen and oxygen atoms in total. The predicted molar refractivity (Wildman–Crippen MR) is 112 cm³/mol. The van der Waals surface area contributed by atoms with Gasteiger partial charge in [0.1, 0.15) is 6.33 Å². The number of aryl methyl sites for hydroxylation is 1. The maximum atomic E-state index is 4.87. The summed E-state index contributed by atoms with van der Waals surface area (Å²) in [6.07, 6.45) is 6.13. The Morgan fingerprint density at radius 1 is 0.964 bits per heavy atom. The van der Waals surface area contributed by atoms with Gasteiger partial charge in [-0.05, 0) is 43.4 Å². The molecular weight excluding hydrogens is 346 g/mol. The highest BCUT2D eigenvalue weighted by molar-refractivity contribution is 5.89. The van der Waals surface area contributed by atoms with Crippen molar-refractivity contribution >= 4 is 16.9 Å². The standard InChI is InChI=1S/C23H21N5/c1-15-19-11-18(9-10-21(19)27-14-26-15)20-13-25-23(24-12-16-7-8-16)28-22(20)17-5-3-2-4-6-17/h2-6,9-11,13-14,16H,7-8,12H2,1H3,(H,24,25,28). The van der Waals surface area contributed by atoms with Gasteiger partial charge in [0.2, 0.25) is 5.95 Å². The number of hydrogen-bond acceptors (Lipinski definition) is 5. The Morgan fingerprint density at radius 2 is 1.82 bits per heavy atom. The maximum absolute atomic E-state index is 4.87. The molecule has 0 atom stereocenters. The van der Waals surface area contributed by atoms with E-state index in [1.54, 1.807) is 6.33 Å². The first-order valence-electron chi connectivity index (χ1n) is 9.66. The molecule has 0 amide bonds. The molecule has 1 fully saturated rings. The molecule has 5 heteroatoms. The molecule has 5 rings (SSSR count). The number of hydrogen-bond donors (Lipinski definition) is 1. The number of benzene rings is 2. The highest BCUT2D eigenvalue weighted by Gasteiger charge is 2.21. The summed E-state index contributed by atoms with van der Waals surface area (Å²) in [4.78, 5) is 18.2. The van der Waals surface area contributed by atoms with E-state index in [2.05, 4.69) is 44.5 Å². The van der Waals surface area contributed by atoms with E-state index >= 15 is 0 Å². The molecule has 0 bridgehead atoms. The minimum Gasteiger partial charge on any atom is -0.354 e. The first kappa shape index (κ1) is 16.8. The SMILES string of the molecule is Cc1ncnc2ccc(-c3cnc(NCC4CC4)nc3-c3ccccc3)cc12. The van der Waals surface area contributed by atoms with Crippen LogP contribution in [-0.4, -0.2) is 26.5 Å². The van der Waals surface area contributed by atoms with Gasteiger partial charge in [0.25, 0.3) is 0 Å². The Labute approximate surface area is 163 Å². The summed E-state index contributed by atoms with van der Waals surface area (Å²) in [6, 6.07) is 16.5. The van der Waals surface area contributed by atoms with E-state index < -0.39 is 0 Å². The van der Waals surface area contributed by atoms with Gasteiger partial charge >= 0.3 is 0 Å². The summed E-state index contributed by atoms with van der Waals surface area (Å²) in [5.74, 6) is 1.46. The molecule has 0 radical (unpaired) electrons. The van der Waals surface area contributed by atoms with E-state index in [-0.39, 0.29) is 0 Å². The first-order valence-corrected chi connectivity index (χ1v) is 9.66. The molecule has 1 saturated carbocycles. The van der Waals surface area contributed by atoms with Crippen molar-refractivity contribution < 1.29 is 0 Å². The third kappa shape index (κ3) is 3.31. The van der Waals surface area contributed by atoms with Crippen LogP contribution in [0.5, 0.6) is 0 Å². The quantitative estimate of drug-likeness (QED) is 0.544. The second kappa shape index (κ2) is 7.00. The number of fused-ring (bicyclic) bond motifs is 1.